The molecule has 0 atom stereocenters. The normalized spacial score (nSPS) is 11.8. The van der Waals surface area contributed by atoms with E-state index in [9.17, 15) is 4.79 Å². The average Bonchev–Trinajstić information content (AvgIpc) is 3.23. The molecule has 2 aromatic carbocycles. The molecule has 1 N–H and O–H groups in total. The molecule has 148 valence electrons. The van der Waals surface area contributed by atoms with Gasteiger partial charge in [-0.3, -0.25) is 4.79 Å². The number of aromatic nitrogens is 3. The van der Waals surface area contributed by atoms with Crippen molar-refractivity contribution in [1.29, 1.82) is 0 Å². The molecule has 29 heavy (non-hydrogen) atoms. The molecule has 2 heterocycles. The van der Waals surface area contributed by atoms with Crippen molar-refractivity contribution in [1.82, 2.24) is 14.8 Å². The number of anilines is 1. The van der Waals surface area contributed by atoms with Crippen LogP contribution in [0.25, 0.3) is 15.3 Å². The van der Waals surface area contributed by atoms with Crippen LogP contribution in [-0.4, -0.2) is 20.7 Å². The molecule has 0 fully saturated rings. The van der Waals surface area contributed by atoms with Crippen molar-refractivity contribution in [3.05, 3.63) is 70.4 Å². The molecular weight excluding hydrogens is 404 g/mol. The number of rotatable bonds is 3. The van der Waals surface area contributed by atoms with Crippen molar-refractivity contribution in [2.75, 3.05) is 5.32 Å². The monoisotopic (exact) mass is 424 g/mol. The molecule has 1 amide bonds. The number of hydrogen-bond donors (Lipinski definition) is 1. The van der Waals surface area contributed by atoms with Crippen LogP contribution in [0.2, 0.25) is 5.02 Å². The summed E-state index contributed by atoms with van der Waals surface area (Å²) in [6.07, 6.45) is 0. The first kappa shape index (κ1) is 19.6. The molecule has 0 saturated carbocycles. The Bertz CT molecular complexity index is 1220. The third-order valence-electron chi connectivity index (χ3n) is 4.58. The Labute approximate surface area is 178 Å². The molecule has 7 heteroatoms. The molecular formula is C22H21ClN4OS. The Kier molecular flexibility index (Phi) is 4.92. The first-order valence-electron chi connectivity index (χ1n) is 9.26. The van der Waals surface area contributed by atoms with Gasteiger partial charge in [-0.05, 0) is 48.2 Å². The third kappa shape index (κ3) is 4.04. The lowest BCUT2D eigenvalue weighted by Gasteiger charge is -2.18. The van der Waals surface area contributed by atoms with E-state index in [2.05, 4.69) is 43.3 Å². The molecule has 0 radical (unpaired) electrons. The van der Waals surface area contributed by atoms with Gasteiger partial charge in [0.2, 0.25) is 5.13 Å². The lowest BCUT2D eigenvalue weighted by Crippen LogP contribution is -2.15. The predicted molar refractivity (Wildman–Crippen MR) is 120 cm³/mol. The lowest BCUT2D eigenvalue weighted by atomic mass is 9.87. The molecule has 5 nitrogen and oxygen atoms in total. The second-order valence-electron chi connectivity index (χ2n) is 7.98. The van der Waals surface area contributed by atoms with Crippen LogP contribution in [0.15, 0.2) is 48.5 Å². The molecule has 4 aromatic rings. The zero-order valence-electron chi connectivity index (χ0n) is 16.7. The summed E-state index contributed by atoms with van der Waals surface area (Å²) < 4.78 is 2.77. The molecule has 0 spiro atoms. The van der Waals surface area contributed by atoms with E-state index in [1.807, 2.05) is 19.1 Å². The van der Waals surface area contributed by atoms with Gasteiger partial charge in [0.05, 0.1) is 15.9 Å². The first-order chi connectivity index (χ1) is 13.7. The van der Waals surface area contributed by atoms with Gasteiger partial charge in [0, 0.05) is 16.7 Å². The highest BCUT2D eigenvalue weighted by molar-refractivity contribution is 7.20. The molecule has 0 bridgehead atoms. The van der Waals surface area contributed by atoms with Crippen LogP contribution in [0, 0.1) is 6.92 Å². The maximum Gasteiger partial charge on any atom is 0.256 e. The van der Waals surface area contributed by atoms with Gasteiger partial charge in [-0.2, -0.15) is 9.78 Å². The van der Waals surface area contributed by atoms with Crippen LogP contribution in [-0.2, 0) is 5.41 Å². The van der Waals surface area contributed by atoms with Crippen molar-refractivity contribution in [2.45, 2.75) is 33.1 Å². The van der Waals surface area contributed by atoms with Crippen LogP contribution in [0.4, 0.5) is 5.82 Å². The van der Waals surface area contributed by atoms with Crippen molar-refractivity contribution < 1.29 is 4.79 Å². The van der Waals surface area contributed by atoms with Gasteiger partial charge in [0.1, 0.15) is 5.82 Å². The number of carbonyl (C=O) groups is 1. The summed E-state index contributed by atoms with van der Waals surface area (Å²) in [4.78, 5) is 17.4. The fourth-order valence-electron chi connectivity index (χ4n) is 3.02. The summed E-state index contributed by atoms with van der Waals surface area (Å²) in [5.74, 6) is 0.326. The highest BCUT2D eigenvalue weighted by Crippen LogP contribution is 2.31. The maximum absolute atomic E-state index is 12.7. The number of benzene rings is 2. The summed E-state index contributed by atoms with van der Waals surface area (Å²) in [6, 6.07) is 15.0. The fraction of sp³-hybridized carbons (Fsp3) is 0.227. The van der Waals surface area contributed by atoms with Gasteiger partial charge < -0.3 is 5.32 Å². The Morgan fingerprint density at radius 3 is 2.66 bits per heavy atom. The molecule has 0 aliphatic carbocycles. The number of hydrogen-bond acceptors (Lipinski definition) is 4. The van der Waals surface area contributed by atoms with E-state index in [1.54, 1.807) is 40.3 Å². The molecule has 4 rings (SSSR count). The van der Waals surface area contributed by atoms with Gasteiger partial charge in [0.15, 0.2) is 0 Å². The summed E-state index contributed by atoms with van der Waals surface area (Å²) in [6.45, 7) is 8.46. The number of thiazole rings is 1. The van der Waals surface area contributed by atoms with E-state index in [0.29, 0.717) is 21.5 Å². The molecule has 0 unspecified atom stereocenters. The number of carbonyl (C=O) groups excluding carboxylic acids is 1. The Morgan fingerprint density at radius 1 is 1.14 bits per heavy atom. The zero-order valence-corrected chi connectivity index (χ0v) is 18.2. The van der Waals surface area contributed by atoms with Crippen molar-refractivity contribution in [3.8, 4) is 5.13 Å². The van der Waals surface area contributed by atoms with Crippen molar-refractivity contribution in [3.63, 3.8) is 0 Å². The first-order valence-corrected chi connectivity index (χ1v) is 10.5. The van der Waals surface area contributed by atoms with E-state index >= 15 is 0 Å². The van der Waals surface area contributed by atoms with Crippen LogP contribution < -0.4 is 5.32 Å². The number of halogens is 1. The average molecular weight is 425 g/mol. The highest BCUT2D eigenvalue weighted by Gasteiger charge is 2.18. The van der Waals surface area contributed by atoms with E-state index in [-0.39, 0.29) is 11.3 Å². The molecule has 0 aliphatic rings. The smallest absolute Gasteiger partial charge is 0.256 e. The number of fused-ring (bicyclic) bond motifs is 1. The number of nitrogens with zero attached hydrogens (tertiary/aromatic N) is 3. The lowest BCUT2D eigenvalue weighted by molar-refractivity contribution is 0.102. The van der Waals surface area contributed by atoms with Crippen molar-refractivity contribution in [2.24, 2.45) is 0 Å². The van der Waals surface area contributed by atoms with Crippen LogP contribution in [0.1, 0.15) is 42.4 Å². The topological polar surface area (TPSA) is 59.8 Å². The SMILES string of the molecule is Cc1cc(NC(=O)c2cccc(Cl)c2)n(-c2nc3ccc(C(C)(C)C)cc3s2)n1. The molecule has 0 aliphatic heterocycles. The highest BCUT2D eigenvalue weighted by atomic mass is 35.5. The minimum absolute atomic E-state index is 0.0662. The van der Waals surface area contributed by atoms with Gasteiger partial charge in [-0.1, -0.05) is 55.8 Å². The Morgan fingerprint density at radius 2 is 1.93 bits per heavy atom. The maximum atomic E-state index is 12.7. The van der Waals surface area contributed by atoms with Gasteiger partial charge in [-0.15, -0.1) is 0 Å². The standard InChI is InChI=1S/C22H21ClN4OS/c1-13-10-19(25-20(28)14-6-5-7-16(23)11-14)27(26-13)21-24-17-9-8-15(22(2,3)4)12-18(17)29-21/h5-12H,1-4H3,(H,25,28). The summed E-state index contributed by atoms with van der Waals surface area (Å²) in [5.41, 5.74) is 3.52. The zero-order chi connectivity index (χ0) is 20.8. The largest absolute Gasteiger partial charge is 0.306 e. The quantitative estimate of drug-likeness (QED) is 0.439. The molecule has 0 saturated heterocycles. The van der Waals surface area contributed by atoms with Gasteiger partial charge >= 0.3 is 0 Å². The van der Waals surface area contributed by atoms with Gasteiger partial charge in [-0.25, -0.2) is 4.98 Å². The second kappa shape index (κ2) is 7.28. The van der Waals surface area contributed by atoms with Gasteiger partial charge in [0.25, 0.3) is 5.91 Å². The fourth-order valence-corrected chi connectivity index (χ4v) is 4.18. The number of aryl methyl sites for hydroxylation is 1. The predicted octanol–water partition coefficient (Wildman–Crippen LogP) is 5.99. The Hall–Kier alpha value is -2.70. The van der Waals surface area contributed by atoms with E-state index in [1.165, 1.54) is 5.56 Å². The summed E-state index contributed by atoms with van der Waals surface area (Å²) >= 11 is 7.56. The summed E-state index contributed by atoms with van der Waals surface area (Å²) in [5, 5.41) is 8.68. The second-order valence-corrected chi connectivity index (χ2v) is 9.42. The van der Waals surface area contributed by atoms with Crippen LogP contribution >= 0.6 is 22.9 Å². The minimum atomic E-state index is -0.246. The number of amides is 1. The summed E-state index contributed by atoms with van der Waals surface area (Å²) in [7, 11) is 0. The van der Waals surface area contributed by atoms with Crippen LogP contribution in [0.5, 0.6) is 0 Å². The van der Waals surface area contributed by atoms with E-state index in [0.717, 1.165) is 15.9 Å². The van der Waals surface area contributed by atoms with E-state index < -0.39 is 0 Å². The number of nitrogens with one attached hydrogen (secondary N) is 1. The van der Waals surface area contributed by atoms with E-state index in [4.69, 9.17) is 16.6 Å². The molecule has 2 aromatic heterocycles. The van der Waals surface area contributed by atoms with Crippen LogP contribution in [0.3, 0.4) is 0 Å². The van der Waals surface area contributed by atoms with Crippen molar-refractivity contribution >= 4 is 44.9 Å². The third-order valence-corrected chi connectivity index (χ3v) is 5.81. The Balaban J connectivity index is 1.70. The minimum Gasteiger partial charge on any atom is -0.306 e.